The molecule has 0 saturated heterocycles. The average molecular weight is 323 g/mol. The number of anilines is 1. The summed E-state index contributed by atoms with van der Waals surface area (Å²) in [6.45, 7) is 1.83. The van der Waals surface area contributed by atoms with Crippen LogP contribution in [0.25, 0.3) is 10.2 Å². The number of nitrogens with one attached hydrogen (secondary N) is 1. The second-order valence-electron chi connectivity index (χ2n) is 4.17. The fraction of sp³-hybridized carbons (Fsp3) is 0.154. The lowest BCUT2D eigenvalue weighted by Crippen LogP contribution is -2.09. The first-order chi connectivity index (χ1) is 10.1. The Morgan fingerprint density at radius 3 is 2.86 bits per heavy atom. The molecule has 0 fully saturated rings. The van der Waals surface area contributed by atoms with E-state index >= 15 is 0 Å². The quantitative estimate of drug-likeness (QED) is 0.802. The normalized spacial score (nSPS) is 10.8. The summed E-state index contributed by atoms with van der Waals surface area (Å²) >= 11 is 2.49. The number of aryl methyl sites for hydroxylation is 1. The van der Waals surface area contributed by atoms with Crippen molar-refractivity contribution in [3.63, 3.8) is 0 Å². The van der Waals surface area contributed by atoms with Gasteiger partial charge in [-0.1, -0.05) is 11.3 Å². The van der Waals surface area contributed by atoms with Crippen LogP contribution in [-0.4, -0.2) is 23.0 Å². The lowest BCUT2D eigenvalue weighted by Gasteiger charge is -1.99. The van der Waals surface area contributed by atoms with Gasteiger partial charge in [-0.25, -0.2) is 14.4 Å². The molecule has 0 radical (unpaired) electrons. The van der Waals surface area contributed by atoms with Gasteiger partial charge in [0, 0.05) is 6.07 Å². The van der Waals surface area contributed by atoms with E-state index in [4.69, 9.17) is 4.74 Å². The molecule has 3 aromatic rings. The number of methoxy groups -OCH3 is 1. The Balaban J connectivity index is 1.93. The molecule has 108 valence electrons. The third-order valence-corrected chi connectivity index (χ3v) is 4.54. The zero-order valence-corrected chi connectivity index (χ0v) is 12.8. The molecule has 0 bridgehead atoms. The molecular formula is C13H10FN3O2S2. The van der Waals surface area contributed by atoms with Crippen LogP contribution in [0.4, 0.5) is 9.52 Å². The molecule has 1 aromatic carbocycles. The number of hydrogen-bond donors (Lipinski definition) is 1. The van der Waals surface area contributed by atoms with Gasteiger partial charge in [0.2, 0.25) is 0 Å². The van der Waals surface area contributed by atoms with Gasteiger partial charge in [0.15, 0.2) is 5.13 Å². The lowest BCUT2D eigenvalue weighted by molar-refractivity contribution is 0.103. The van der Waals surface area contributed by atoms with Gasteiger partial charge in [0.25, 0.3) is 5.91 Å². The zero-order valence-electron chi connectivity index (χ0n) is 11.1. The predicted molar refractivity (Wildman–Crippen MR) is 80.9 cm³/mol. The van der Waals surface area contributed by atoms with E-state index in [0.717, 1.165) is 5.01 Å². The Hall–Kier alpha value is -2.06. The van der Waals surface area contributed by atoms with Gasteiger partial charge in [-0.2, -0.15) is 0 Å². The number of hydrogen-bond acceptors (Lipinski definition) is 6. The first kappa shape index (κ1) is 13.9. The average Bonchev–Trinajstić information content (AvgIpc) is 3.03. The number of ether oxygens (including phenoxy) is 1. The number of rotatable bonds is 3. The molecule has 8 heteroatoms. The van der Waals surface area contributed by atoms with Crippen molar-refractivity contribution in [1.82, 2.24) is 9.97 Å². The Morgan fingerprint density at radius 1 is 1.38 bits per heavy atom. The molecule has 0 aliphatic rings. The van der Waals surface area contributed by atoms with Crippen molar-refractivity contribution in [1.29, 1.82) is 0 Å². The first-order valence-electron chi connectivity index (χ1n) is 5.94. The van der Waals surface area contributed by atoms with Crippen LogP contribution in [0, 0.1) is 12.7 Å². The summed E-state index contributed by atoms with van der Waals surface area (Å²) in [5, 5.41) is 3.90. The molecule has 5 nitrogen and oxygen atoms in total. The summed E-state index contributed by atoms with van der Waals surface area (Å²) in [6.07, 6.45) is 1.52. The molecule has 0 saturated carbocycles. The van der Waals surface area contributed by atoms with Gasteiger partial charge in [-0.15, -0.1) is 11.3 Å². The predicted octanol–water partition coefficient (Wildman–Crippen LogP) is 3.46. The number of amides is 1. The zero-order chi connectivity index (χ0) is 15.0. The summed E-state index contributed by atoms with van der Waals surface area (Å²) in [5.41, 5.74) is 0.527. The van der Waals surface area contributed by atoms with Gasteiger partial charge in [-0.05, 0) is 13.0 Å². The smallest absolute Gasteiger partial charge is 0.269 e. The first-order valence-corrected chi connectivity index (χ1v) is 7.58. The highest BCUT2D eigenvalue weighted by Crippen LogP contribution is 2.33. The number of carbonyl (C=O) groups is 1. The fourth-order valence-corrected chi connectivity index (χ4v) is 3.38. The number of thiazole rings is 2. The summed E-state index contributed by atoms with van der Waals surface area (Å²) in [4.78, 5) is 20.9. The molecular weight excluding hydrogens is 313 g/mol. The third-order valence-electron chi connectivity index (χ3n) is 2.71. The second kappa shape index (κ2) is 5.38. The highest BCUT2D eigenvalue weighted by molar-refractivity contribution is 7.22. The molecule has 2 aromatic heterocycles. The third kappa shape index (κ3) is 2.72. The Labute approximate surface area is 127 Å². The van der Waals surface area contributed by atoms with E-state index in [1.807, 2.05) is 6.92 Å². The molecule has 3 rings (SSSR count). The Morgan fingerprint density at radius 2 is 2.19 bits per heavy atom. The maximum absolute atomic E-state index is 13.4. The van der Waals surface area contributed by atoms with Gasteiger partial charge < -0.3 is 4.74 Å². The number of fused-ring (bicyclic) bond motifs is 1. The van der Waals surface area contributed by atoms with Gasteiger partial charge in [0.1, 0.15) is 22.0 Å². The van der Waals surface area contributed by atoms with Crippen molar-refractivity contribution in [2.24, 2.45) is 0 Å². The summed E-state index contributed by atoms with van der Waals surface area (Å²) in [5.74, 6) is -0.339. The monoisotopic (exact) mass is 323 g/mol. The van der Waals surface area contributed by atoms with Crippen molar-refractivity contribution in [3.8, 4) is 5.75 Å². The molecule has 21 heavy (non-hydrogen) atoms. The van der Waals surface area contributed by atoms with Crippen LogP contribution in [-0.2, 0) is 0 Å². The second-order valence-corrected chi connectivity index (χ2v) is 6.44. The Bertz CT molecular complexity index is 828. The number of carbonyl (C=O) groups excluding carboxylic acids is 1. The molecule has 1 N–H and O–H groups in total. The van der Waals surface area contributed by atoms with Crippen molar-refractivity contribution in [2.75, 3.05) is 12.4 Å². The van der Waals surface area contributed by atoms with E-state index in [2.05, 4.69) is 15.3 Å². The van der Waals surface area contributed by atoms with E-state index in [1.165, 1.54) is 48.1 Å². The van der Waals surface area contributed by atoms with Crippen molar-refractivity contribution in [2.45, 2.75) is 6.92 Å². The van der Waals surface area contributed by atoms with Crippen molar-refractivity contribution < 1.29 is 13.9 Å². The molecule has 0 aliphatic heterocycles. The van der Waals surface area contributed by atoms with Gasteiger partial charge in [0.05, 0.1) is 23.0 Å². The van der Waals surface area contributed by atoms with Crippen LogP contribution in [0.2, 0.25) is 0 Å². The summed E-state index contributed by atoms with van der Waals surface area (Å²) in [7, 11) is 1.45. The molecule has 2 heterocycles. The molecule has 0 spiro atoms. The Kier molecular flexibility index (Phi) is 3.56. The van der Waals surface area contributed by atoms with Crippen LogP contribution >= 0.6 is 22.7 Å². The van der Waals surface area contributed by atoms with E-state index in [1.54, 1.807) is 0 Å². The molecule has 0 aliphatic carbocycles. The van der Waals surface area contributed by atoms with Crippen molar-refractivity contribution >= 4 is 43.9 Å². The van der Waals surface area contributed by atoms with Gasteiger partial charge >= 0.3 is 0 Å². The van der Waals surface area contributed by atoms with Crippen LogP contribution in [0.5, 0.6) is 5.75 Å². The molecule has 0 atom stereocenters. The summed E-state index contributed by atoms with van der Waals surface area (Å²) in [6, 6.07) is 2.63. The number of benzene rings is 1. The van der Waals surface area contributed by atoms with Gasteiger partial charge in [-0.3, -0.25) is 10.1 Å². The highest BCUT2D eigenvalue weighted by Gasteiger charge is 2.15. The number of aromatic nitrogens is 2. The topological polar surface area (TPSA) is 64.1 Å². The van der Waals surface area contributed by atoms with E-state index in [-0.39, 0.29) is 5.91 Å². The fourth-order valence-electron chi connectivity index (χ4n) is 1.80. The standard InChI is InChI=1S/C13H10FN3O2S2/c1-6-15-5-10(20-6)12(18)17-13-16-11-8(19-2)3-7(14)4-9(11)21-13/h3-5H,1-2H3,(H,16,17,18). The SMILES string of the molecule is COc1cc(F)cc2sc(NC(=O)c3cnc(C)s3)nc12. The van der Waals surface area contributed by atoms with Crippen molar-refractivity contribution in [3.05, 3.63) is 34.0 Å². The largest absolute Gasteiger partial charge is 0.494 e. The highest BCUT2D eigenvalue weighted by atomic mass is 32.1. The minimum absolute atomic E-state index is 0.279. The maximum atomic E-state index is 13.4. The van der Waals surface area contributed by atoms with E-state index in [0.29, 0.717) is 26.0 Å². The number of nitrogens with zero attached hydrogens (tertiary/aromatic N) is 2. The van der Waals surface area contributed by atoms with E-state index in [9.17, 15) is 9.18 Å². The minimum atomic E-state index is -0.404. The van der Waals surface area contributed by atoms with Crippen LogP contribution in [0.15, 0.2) is 18.3 Å². The molecule has 0 unspecified atom stereocenters. The minimum Gasteiger partial charge on any atom is -0.494 e. The van der Waals surface area contributed by atoms with Crippen LogP contribution in [0.1, 0.15) is 14.7 Å². The maximum Gasteiger partial charge on any atom is 0.269 e. The lowest BCUT2D eigenvalue weighted by atomic mass is 10.3. The number of halogens is 1. The van der Waals surface area contributed by atoms with Crippen LogP contribution in [0.3, 0.4) is 0 Å². The molecule has 1 amide bonds. The van der Waals surface area contributed by atoms with Crippen LogP contribution < -0.4 is 10.1 Å². The summed E-state index contributed by atoms with van der Waals surface area (Å²) < 4.78 is 19.1. The van der Waals surface area contributed by atoms with E-state index < -0.39 is 5.82 Å².